The van der Waals surface area contributed by atoms with Crippen LogP contribution in [0.15, 0.2) is 18.3 Å². The van der Waals surface area contributed by atoms with Crippen molar-refractivity contribution in [1.82, 2.24) is 9.88 Å². The lowest BCUT2D eigenvalue weighted by Gasteiger charge is -2.41. The van der Waals surface area contributed by atoms with Gasteiger partial charge in [0.25, 0.3) is 0 Å². The number of aromatic nitrogens is 1. The molecule has 1 aliphatic carbocycles. The Kier molecular flexibility index (Phi) is 5.02. The number of aliphatic hydroxyl groups excluding tert-OH is 1. The van der Waals surface area contributed by atoms with Gasteiger partial charge in [0, 0.05) is 31.9 Å². The quantitative estimate of drug-likeness (QED) is 0.833. The zero-order valence-electron chi connectivity index (χ0n) is 15.8. The first kappa shape index (κ1) is 19.5. The van der Waals surface area contributed by atoms with Gasteiger partial charge in [-0.05, 0) is 57.1 Å². The predicted molar refractivity (Wildman–Crippen MR) is 97.7 cm³/mol. The molecule has 1 saturated carbocycles. The second kappa shape index (κ2) is 7.21. The normalized spacial score (nSPS) is 31.6. The molecule has 1 N–H and O–H groups in total. The maximum atomic E-state index is 13.3. The van der Waals surface area contributed by atoms with Crippen molar-refractivity contribution in [2.75, 3.05) is 24.5 Å². The van der Waals surface area contributed by atoms with E-state index in [1.165, 1.54) is 6.20 Å². The van der Waals surface area contributed by atoms with Gasteiger partial charge < -0.3 is 14.9 Å². The van der Waals surface area contributed by atoms with E-state index in [0.29, 0.717) is 25.5 Å². The van der Waals surface area contributed by atoms with Gasteiger partial charge >= 0.3 is 6.18 Å². The molecule has 28 heavy (non-hydrogen) atoms. The Morgan fingerprint density at radius 2 is 1.89 bits per heavy atom. The molecule has 3 heterocycles. The highest BCUT2D eigenvalue weighted by molar-refractivity contribution is 5.86. The van der Waals surface area contributed by atoms with Crippen molar-refractivity contribution >= 4 is 11.7 Å². The molecular weight excluding hydrogens is 371 g/mol. The number of halogens is 3. The van der Waals surface area contributed by atoms with Crippen LogP contribution in [0.5, 0.6) is 0 Å². The highest BCUT2D eigenvalue weighted by Gasteiger charge is 2.50. The van der Waals surface area contributed by atoms with Crippen molar-refractivity contribution in [2.45, 2.75) is 63.3 Å². The van der Waals surface area contributed by atoms with E-state index in [1.54, 1.807) is 0 Å². The zero-order valence-corrected chi connectivity index (χ0v) is 15.8. The summed E-state index contributed by atoms with van der Waals surface area (Å²) in [4.78, 5) is 21.3. The minimum absolute atomic E-state index is 0.130. The number of hydrogen-bond donors (Lipinski definition) is 1. The van der Waals surface area contributed by atoms with Crippen molar-refractivity contribution in [3.05, 3.63) is 23.9 Å². The highest BCUT2D eigenvalue weighted by Crippen LogP contribution is 2.43. The molecule has 1 aromatic rings. The largest absolute Gasteiger partial charge is 0.416 e. The summed E-state index contributed by atoms with van der Waals surface area (Å²) in [7, 11) is 0. The van der Waals surface area contributed by atoms with Crippen LogP contribution in [0.3, 0.4) is 0 Å². The van der Waals surface area contributed by atoms with Crippen LogP contribution in [0.25, 0.3) is 0 Å². The molecule has 4 rings (SSSR count). The summed E-state index contributed by atoms with van der Waals surface area (Å²) in [6, 6.07) is 2.24. The number of rotatable bonds is 2. The Hall–Kier alpha value is -1.83. The van der Waals surface area contributed by atoms with E-state index in [2.05, 4.69) is 4.98 Å². The molecule has 1 amide bonds. The second-order valence-corrected chi connectivity index (χ2v) is 8.42. The number of piperidine rings is 1. The number of amides is 1. The molecule has 8 heteroatoms. The van der Waals surface area contributed by atoms with Gasteiger partial charge in [-0.3, -0.25) is 4.79 Å². The summed E-state index contributed by atoms with van der Waals surface area (Å²) in [5, 5.41) is 9.72. The van der Waals surface area contributed by atoms with Crippen LogP contribution in [0, 0.1) is 5.41 Å². The summed E-state index contributed by atoms with van der Waals surface area (Å²) in [5.74, 6) is 0.423. The summed E-state index contributed by atoms with van der Waals surface area (Å²) < 4.78 is 39.2. The number of nitrogens with zero attached hydrogens (tertiary/aromatic N) is 3. The molecule has 1 unspecified atom stereocenters. The lowest BCUT2D eigenvalue weighted by Crippen LogP contribution is -2.50. The Balaban J connectivity index is 1.50. The third-order valence-electron chi connectivity index (χ3n) is 6.63. The Morgan fingerprint density at radius 3 is 2.61 bits per heavy atom. The summed E-state index contributed by atoms with van der Waals surface area (Å²) in [5.41, 5.74) is -1.23. The maximum Gasteiger partial charge on any atom is 0.416 e. The van der Waals surface area contributed by atoms with Gasteiger partial charge in [0.15, 0.2) is 0 Å². The van der Waals surface area contributed by atoms with E-state index < -0.39 is 17.2 Å². The van der Waals surface area contributed by atoms with Gasteiger partial charge in [0.2, 0.25) is 5.91 Å². The summed E-state index contributed by atoms with van der Waals surface area (Å²) in [6.45, 7) is 1.73. The molecule has 0 radical (unpaired) electrons. The predicted octanol–water partition coefficient (Wildman–Crippen LogP) is 3.22. The lowest BCUT2D eigenvalue weighted by molar-refractivity contribution is -0.139. The molecule has 1 atom stereocenters. The molecule has 5 nitrogen and oxygen atoms in total. The molecule has 0 bridgehead atoms. The highest BCUT2D eigenvalue weighted by atomic mass is 19.4. The number of carbonyl (C=O) groups excluding carboxylic acids is 1. The minimum atomic E-state index is -4.41. The van der Waals surface area contributed by atoms with Crippen molar-refractivity contribution in [3.63, 3.8) is 0 Å². The van der Waals surface area contributed by atoms with Crippen LogP contribution >= 0.6 is 0 Å². The van der Waals surface area contributed by atoms with E-state index in [-0.39, 0.29) is 18.1 Å². The number of alkyl halides is 3. The van der Waals surface area contributed by atoms with Crippen molar-refractivity contribution in [2.24, 2.45) is 5.41 Å². The number of likely N-dealkylation sites (tertiary alicyclic amines) is 1. The fourth-order valence-corrected chi connectivity index (χ4v) is 5.04. The topological polar surface area (TPSA) is 56.7 Å². The molecule has 1 spiro atoms. The Bertz CT molecular complexity index is 734. The number of hydrogen-bond acceptors (Lipinski definition) is 4. The van der Waals surface area contributed by atoms with E-state index in [1.807, 2.05) is 9.80 Å². The maximum absolute atomic E-state index is 13.3. The number of anilines is 1. The second-order valence-electron chi connectivity index (χ2n) is 8.42. The Labute approximate surface area is 162 Å². The lowest BCUT2D eigenvalue weighted by atomic mass is 9.78. The van der Waals surface area contributed by atoms with Gasteiger partial charge in [0.05, 0.1) is 17.1 Å². The monoisotopic (exact) mass is 397 g/mol. The number of carbonyl (C=O) groups is 1. The van der Waals surface area contributed by atoms with Crippen LogP contribution in [0.2, 0.25) is 0 Å². The third kappa shape index (κ3) is 3.58. The summed E-state index contributed by atoms with van der Waals surface area (Å²) >= 11 is 0. The van der Waals surface area contributed by atoms with Crippen LogP contribution in [-0.4, -0.2) is 52.7 Å². The van der Waals surface area contributed by atoms with Gasteiger partial charge in [-0.15, -0.1) is 0 Å². The number of pyridine rings is 1. The smallest absolute Gasteiger partial charge is 0.393 e. The SMILES string of the molecule is O=C1N(C2CCC(O)CC2)CCC12CCCN(c1cc(C(F)(F)F)ccn1)C2. The molecule has 2 aliphatic heterocycles. The molecule has 1 aromatic heterocycles. The fraction of sp³-hybridized carbons (Fsp3) is 0.700. The zero-order chi connectivity index (χ0) is 19.9. The van der Waals surface area contributed by atoms with Crippen LogP contribution in [0.1, 0.15) is 50.5 Å². The van der Waals surface area contributed by atoms with Crippen LogP contribution < -0.4 is 4.90 Å². The standard InChI is InChI=1S/C20H26F3N3O2/c21-20(22,23)14-6-9-24-17(12-14)25-10-1-7-19(13-25)8-11-26(18(19)28)15-2-4-16(27)5-3-15/h6,9,12,15-16,27H,1-5,7-8,10-11,13H2. The van der Waals surface area contributed by atoms with Crippen LogP contribution in [-0.2, 0) is 11.0 Å². The van der Waals surface area contributed by atoms with Crippen LogP contribution in [0.4, 0.5) is 19.0 Å². The average Bonchev–Trinajstić information content (AvgIpc) is 2.98. The fourth-order valence-electron chi connectivity index (χ4n) is 5.04. The molecule has 0 aromatic carbocycles. The minimum Gasteiger partial charge on any atom is -0.393 e. The van der Waals surface area contributed by atoms with E-state index in [9.17, 15) is 23.1 Å². The molecule has 3 fully saturated rings. The summed E-state index contributed by atoms with van der Waals surface area (Å²) in [6.07, 6.45) is 1.88. The average molecular weight is 397 g/mol. The third-order valence-corrected chi connectivity index (χ3v) is 6.63. The Morgan fingerprint density at radius 1 is 1.14 bits per heavy atom. The first-order valence-corrected chi connectivity index (χ1v) is 10.1. The molecular formula is C20H26F3N3O2. The van der Waals surface area contributed by atoms with E-state index in [4.69, 9.17) is 0 Å². The first-order chi connectivity index (χ1) is 13.3. The van der Waals surface area contributed by atoms with Crippen molar-refractivity contribution in [1.29, 1.82) is 0 Å². The van der Waals surface area contributed by atoms with Gasteiger partial charge in [-0.25, -0.2) is 4.98 Å². The van der Waals surface area contributed by atoms with E-state index >= 15 is 0 Å². The molecule has 3 aliphatic rings. The molecule has 154 valence electrons. The van der Waals surface area contributed by atoms with Gasteiger partial charge in [0.1, 0.15) is 5.82 Å². The molecule has 2 saturated heterocycles. The van der Waals surface area contributed by atoms with Crippen molar-refractivity contribution in [3.8, 4) is 0 Å². The van der Waals surface area contributed by atoms with E-state index in [0.717, 1.165) is 57.1 Å². The van der Waals surface area contributed by atoms with Gasteiger partial charge in [-0.1, -0.05) is 0 Å². The van der Waals surface area contributed by atoms with Gasteiger partial charge in [-0.2, -0.15) is 13.2 Å². The van der Waals surface area contributed by atoms with Crippen molar-refractivity contribution < 1.29 is 23.1 Å². The number of aliphatic hydroxyl groups is 1. The first-order valence-electron chi connectivity index (χ1n) is 10.1.